The molecular formula is C56H72Cl2SiZr-2. The Morgan fingerprint density at radius 3 is 1.18 bits per heavy atom. The van der Waals surface area contributed by atoms with Crippen molar-refractivity contribution in [3.05, 3.63) is 130 Å². The van der Waals surface area contributed by atoms with Crippen LogP contribution in [-0.4, -0.2) is 5.43 Å². The van der Waals surface area contributed by atoms with Crippen LogP contribution in [0.1, 0.15) is 164 Å². The van der Waals surface area contributed by atoms with Crippen molar-refractivity contribution in [2.75, 3.05) is 0 Å². The van der Waals surface area contributed by atoms with Crippen LogP contribution < -0.4 is 24.8 Å². The fraction of sp³-hybridized carbons (Fsp3) is 0.464. The predicted octanol–water partition coefficient (Wildman–Crippen LogP) is 11.3. The van der Waals surface area contributed by atoms with Gasteiger partial charge in [0.25, 0.3) is 0 Å². The first-order valence-corrected chi connectivity index (χ1v) is 28.7. The summed E-state index contributed by atoms with van der Waals surface area (Å²) in [5, 5.41) is 5.62. The summed E-state index contributed by atoms with van der Waals surface area (Å²) in [6, 6.07) is 38.7. The van der Waals surface area contributed by atoms with Crippen LogP contribution in [0, 0.1) is 13.8 Å². The van der Waals surface area contributed by atoms with Crippen molar-refractivity contribution in [2.45, 2.75) is 168 Å². The van der Waals surface area contributed by atoms with E-state index in [0.717, 1.165) is 11.8 Å². The maximum atomic E-state index is 2.40. The van der Waals surface area contributed by atoms with E-state index in [-0.39, 0.29) is 41.1 Å². The number of halogens is 2. The van der Waals surface area contributed by atoms with Crippen LogP contribution in [0.5, 0.6) is 0 Å². The fourth-order valence-electron chi connectivity index (χ4n) is 10.2. The molecule has 8 rings (SSSR count). The van der Waals surface area contributed by atoms with Crippen molar-refractivity contribution in [2.24, 2.45) is 0 Å². The molecule has 6 aromatic carbocycles. The van der Waals surface area contributed by atoms with Gasteiger partial charge in [-0.05, 0) is 70.6 Å². The zero-order valence-electron chi connectivity index (χ0n) is 38.6. The molecular weight excluding hydrogens is 863 g/mol. The number of aryl methyl sites for hydroxylation is 2. The van der Waals surface area contributed by atoms with Crippen LogP contribution in [0.25, 0.3) is 43.8 Å². The largest absolute Gasteiger partial charge is 1.00 e. The average Bonchev–Trinajstić information content (AvgIpc) is 3.76. The molecule has 0 N–H and O–H groups in total. The average molecular weight is 935 g/mol. The summed E-state index contributed by atoms with van der Waals surface area (Å²) in [7, 11) is 0. The molecule has 0 aliphatic heterocycles. The fourth-order valence-corrected chi connectivity index (χ4v) is 12.8. The molecule has 0 amide bonds. The van der Waals surface area contributed by atoms with Gasteiger partial charge in [-0.3, -0.25) is 0 Å². The Kier molecular flexibility index (Phi) is 18.8. The summed E-state index contributed by atoms with van der Waals surface area (Å²) in [5.41, 5.74) is 14.9. The third-order valence-corrected chi connectivity index (χ3v) is 16.3. The summed E-state index contributed by atoms with van der Waals surface area (Å²) in [5.74, 6) is 1.56. The molecule has 2 aliphatic carbocycles. The molecule has 6 aromatic rings. The summed E-state index contributed by atoms with van der Waals surface area (Å²) in [4.78, 5) is 0. The number of fused-ring (bicyclic) bond motifs is 2. The molecule has 0 atom stereocenters. The molecule has 2 saturated carbocycles. The van der Waals surface area contributed by atoms with E-state index >= 15 is 0 Å². The molecule has 60 heavy (non-hydrogen) atoms. The van der Waals surface area contributed by atoms with E-state index in [4.69, 9.17) is 0 Å². The van der Waals surface area contributed by atoms with Crippen LogP contribution in [0.3, 0.4) is 0 Å². The molecule has 0 spiro atoms. The Hall–Kier alpha value is -2.22. The summed E-state index contributed by atoms with van der Waals surface area (Å²) < 4.78 is 0. The van der Waals surface area contributed by atoms with Gasteiger partial charge in [-0.25, -0.2) is 0 Å². The van der Waals surface area contributed by atoms with Gasteiger partial charge in [-0.1, -0.05) is 166 Å². The summed E-state index contributed by atoms with van der Waals surface area (Å²) >= 11 is 1.79. The van der Waals surface area contributed by atoms with Crippen LogP contribution in [0.2, 0.25) is 12.6 Å². The molecule has 0 aromatic heterocycles. The molecule has 320 valence electrons. The van der Waals surface area contributed by atoms with E-state index in [2.05, 4.69) is 166 Å². The molecule has 4 heteroatoms. The molecule has 0 unspecified atom stereocenters. The number of benzene rings is 4. The molecule has 0 bridgehead atoms. The Labute approximate surface area is 393 Å². The first-order chi connectivity index (χ1) is 27.7. The minimum absolute atomic E-state index is 0. The van der Waals surface area contributed by atoms with Gasteiger partial charge < -0.3 is 24.8 Å². The van der Waals surface area contributed by atoms with Gasteiger partial charge in [0.15, 0.2) is 0 Å². The number of hydrogen-bond acceptors (Lipinski definition) is 0. The van der Waals surface area contributed by atoms with Crippen molar-refractivity contribution in [3.63, 3.8) is 0 Å². The summed E-state index contributed by atoms with van der Waals surface area (Å²) in [6.45, 7) is 23.1. The van der Waals surface area contributed by atoms with Crippen LogP contribution >= 0.6 is 0 Å². The van der Waals surface area contributed by atoms with Gasteiger partial charge in [0.05, 0.1) is 0 Å². The first-order valence-electron chi connectivity index (χ1n) is 22.8. The second-order valence-electron chi connectivity index (χ2n) is 19.8. The van der Waals surface area contributed by atoms with E-state index in [1.165, 1.54) is 154 Å². The molecule has 2 aliphatic rings. The normalized spacial score (nSPS) is 15.0. The smallest absolute Gasteiger partial charge is 0.0162 e. The van der Waals surface area contributed by atoms with E-state index in [1.54, 1.807) is 23.3 Å². The van der Waals surface area contributed by atoms with Crippen molar-refractivity contribution >= 4 is 27.0 Å². The third-order valence-electron chi connectivity index (χ3n) is 13.2. The minimum Gasteiger partial charge on any atom is -1.00 e. The molecule has 0 nitrogen and oxygen atoms in total. The van der Waals surface area contributed by atoms with Crippen molar-refractivity contribution in [3.8, 4) is 22.3 Å². The van der Waals surface area contributed by atoms with Crippen LogP contribution in [-0.2, 0) is 34.2 Å². The van der Waals surface area contributed by atoms with Crippen molar-refractivity contribution < 1.29 is 48.1 Å². The molecule has 0 radical (unpaired) electrons. The van der Waals surface area contributed by atoms with Gasteiger partial charge in [0, 0.05) is 0 Å². The topological polar surface area (TPSA) is 0 Å². The maximum absolute atomic E-state index is 2.40. The van der Waals surface area contributed by atoms with E-state index in [0.29, 0.717) is 0 Å². The zero-order valence-corrected chi connectivity index (χ0v) is 43.6. The van der Waals surface area contributed by atoms with Gasteiger partial charge in [-0.2, -0.15) is 11.1 Å². The molecule has 0 heterocycles. The maximum Gasteiger partial charge on any atom is -0.0162 e. The van der Waals surface area contributed by atoms with E-state index < -0.39 is 0 Å². The Morgan fingerprint density at radius 2 is 0.900 bits per heavy atom. The predicted molar refractivity (Wildman–Crippen MR) is 255 cm³/mol. The first kappa shape index (κ1) is 50.4. The monoisotopic (exact) mass is 932 g/mol. The van der Waals surface area contributed by atoms with Crippen molar-refractivity contribution in [1.82, 2.24) is 0 Å². The van der Waals surface area contributed by atoms with Gasteiger partial charge in [0.2, 0.25) is 0 Å². The van der Waals surface area contributed by atoms with Gasteiger partial charge >= 0.3 is 54.7 Å². The quantitative estimate of drug-likeness (QED) is 0.115. The van der Waals surface area contributed by atoms with Gasteiger partial charge in [0.1, 0.15) is 0 Å². The second kappa shape index (κ2) is 22.4. The van der Waals surface area contributed by atoms with Crippen molar-refractivity contribution in [1.29, 1.82) is 0 Å². The van der Waals surface area contributed by atoms with Crippen LogP contribution in [0.15, 0.2) is 97.1 Å². The SMILES string of the molecule is CCC[Si](C)=[Zr+2].Cc1c(C(C)(C)C)[cH-]c2cccc(-c3ccc(C4CCCCC4)cc3)c12.Cc1c(C(C)(C)C)[cH-]c2cccc(-c3ccc(C4CCCCC4)cc3)c12.[Cl-].[Cl-]. The molecule has 0 saturated heterocycles. The van der Waals surface area contributed by atoms with E-state index in [9.17, 15) is 0 Å². The number of rotatable bonds is 6. The Bertz CT molecular complexity index is 2110. The summed E-state index contributed by atoms with van der Waals surface area (Å²) in [6.07, 6.45) is 15.3. The standard InChI is InChI=1S/2C26H31.C4H10Si.2ClH.Zr/c2*1-18-24(26(2,3)4)17-22-11-8-12-23(25(18)22)21-15-13-20(14-16-21)19-9-6-5-7-10-19;1-3-4-5-2;;;/h2*8,11-17,19H,5-7,9-10H2,1-4H3;3-4H2,1-2H3;2*1H;/q2*-1;;;;+2/p-2. The number of hydrogen-bond donors (Lipinski definition) is 0. The second-order valence-corrected chi connectivity index (χ2v) is 28.2. The van der Waals surface area contributed by atoms with Gasteiger partial charge in [-0.15, -0.1) is 69.1 Å². The zero-order chi connectivity index (χ0) is 41.6. The molecule has 2 fully saturated rings. The Morgan fingerprint density at radius 1 is 0.550 bits per heavy atom. The minimum atomic E-state index is 0. The van der Waals surface area contributed by atoms with E-state index in [1.807, 2.05) is 0 Å². The Balaban J connectivity index is 0.000000227. The van der Waals surface area contributed by atoms with Crippen LogP contribution in [0.4, 0.5) is 0 Å². The third kappa shape index (κ3) is 12.3.